The minimum Gasteiger partial charge on any atom is -0.346 e. The number of nitrogens with zero attached hydrogens (tertiary/aromatic N) is 5. The first-order chi connectivity index (χ1) is 12.7. The minimum atomic E-state index is 0.686. The molecule has 0 radical (unpaired) electrons. The molecular formula is C18H19ClN6S. The number of hydrogen-bond donors (Lipinski definition) is 1. The number of hydrogen-bond acceptors (Lipinski definition) is 6. The van der Waals surface area contributed by atoms with Crippen molar-refractivity contribution in [1.82, 2.24) is 25.3 Å². The lowest BCUT2D eigenvalue weighted by molar-refractivity contribution is 0.387. The number of rotatable bonds is 3. The summed E-state index contributed by atoms with van der Waals surface area (Å²) in [6.07, 6.45) is 3.64. The molecule has 0 bridgehead atoms. The van der Waals surface area contributed by atoms with E-state index in [1.54, 1.807) is 17.5 Å². The van der Waals surface area contributed by atoms with Crippen molar-refractivity contribution in [2.45, 2.75) is 0 Å². The average Bonchev–Trinajstić information content (AvgIpc) is 3.38. The second-order valence-electron chi connectivity index (χ2n) is 7.22. The number of benzene rings is 1. The zero-order valence-electron chi connectivity index (χ0n) is 14.4. The van der Waals surface area contributed by atoms with Crippen LogP contribution in [0.5, 0.6) is 0 Å². The fourth-order valence-corrected chi connectivity index (χ4v) is 5.34. The molecule has 1 N–H and O–H groups in total. The van der Waals surface area contributed by atoms with Gasteiger partial charge in [-0.1, -0.05) is 29.0 Å². The zero-order chi connectivity index (χ0) is 17.7. The van der Waals surface area contributed by atoms with Crippen LogP contribution in [0.1, 0.15) is 0 Å². The van der Waals surface area contributed by atoms with Gasteiger partial charge in [0.1, 0.15) is 0 Å². The minimum absolute atomic E-state index is 0.686. The normalized spacial score (nSPS) is 22.9. The maximum absolute atomic E-state index is 6.53. The van der Waals surface area contributed by atoms with Crippen molar-refractivity contribution in [2.75, 3.05) is 38.1 Å². The van der Waals surface area contributed by atoms with Gasteiger partial charge in [-0.15, -0.1) is 10.2 Å². The molecule has 0 saturated carbocycles. The number of fused-ring (bicyclic) bond motifs is 1. The van der Waals surface area contributed by atoms with E-state index in [1.807, 2.05) is 24.4 Å². The molecule has 2 aromatic heterocycles. The van der Waals surface area contributed by atoms with Gasteiger partial charge in [-0.2, -0.15) is 5.10 Å². The lowest BCUT2D eigenvalue weighted by Crippen LogP contribution is -2.26. The standard InChI is InChI=1S/C18H19ClN6S/c1-24-7-13-9-25(10-14(13)8-24)18-23-22-17(26-18)15-3-2-11(4-16(15)19)12-5-20-21-6-12/h2-6,13-14H,7-10H2,1H3,(H,20,21)/t13-,14+. The Labute approximate surface area is 160 Å². The summed E-state index contributed by atoms with van der Waals surface area (Å²) in [4.78, 5) is 4.82. The second kappa shape index (κ2) is 6.33. The van der Waals surface area contributed by atoms with Gasteiger partial charge in [-0.3, -0.25) is 5.10 Å². The van der Waals surface area contributed by atoms with Crippen LogP contribution in [0.25, 0.3) is 21.7 Å². The summed E-state index contributed by atoms with van der Waals surface area (Å²) in [6, 6.07) is 6.02. The second-order valence-corrected chi connectivity index (χ2v) is 8.58. The summed E-state index contributed by atoms with van der Waals surface area (Å²) in [6.45, 7) is 4.54. The first-order valence-electron chi connectivity index (χ1n) is 8.73. The fraction of sp³-hybridized carbons (Fsp3) is 0.389. The topological polar surface area (TPSA) is 60.9 Å². The van der Waals surface area contributed by atoms with Crippen molar-refractivity contribution in [3.63, 3.8) is 0 Å². The van der Waals surface area contributed by atoms with Crippen molar-refractivity contribution < 1.29 is 0 Å². The lowest BCUT2D eigenvalue weighted by atomic mass is 10.0. The van der Waals surface area contributed by atoms with E-state index in [1.165, 1.54) is 13.1 Å². The van der Waals surface area contributed by atoms with Gasteiger partial charge in [-0.05, 0) is 36.6 Å². The van der Waals surface area contributed by atoms with E-state index in [0.29, 0.717) is 5.02 Å². The molecule has 2 aliphatic rings. The molecule has 0 unspecified atom stereocenters. The molecule has 6 nitrogen and oxygen atoms in total. The summed E-state index contributed by atoms with van der Waals surface area (Å²) in [5.41, 5.74) is 2.99. The highest BCUT2D eigenvalue weighted by Gasteiger charge is 2.39. The molecule has 4 heterocycles. The summed E-state index contributed by atoms with van der Waals surface area (Å²) < 4.78 is 0. The van der Waals surface area contributed by atoms with Crippen molar-refractivity contribution in [3.8, 4) is 21.7 Å². The highest BCUT2D eigenvalue weighted by molar-refractivity contribution is 7.18. The Bertz CT molecular complexity index is 910. The number of H-pyrrole nitrogens is 1. The number of aromatic amines is 1. The summed E-state index contributed by atoms with van der Waals surface area (Å²) in [5, 5.41) is 18.2. The van der Waals surface area contributed by atoms with Crippen LogP contribution >= 0.6 is 22.9 Å². The fourth-order valence-electron chi connectivity index (χ4n) is 4.11. The van der Waals surface area contributed by atoms with E-state index >= 15 is 0 Å². The van der Waals surface area contributed by atoms with Gasteiger partial charge < -0.3 is 9.80 Å². The van der Waals surface area contributed by atoms with Gasteiger partial charge in [0.15, 0.2) is 5.01 Å². The third kappa shape index (κ3) is 2.80. The van der Waals surface area contributed by atoms with Crippen molar-refractivity contribution >= 4 is 28.1 Å². The zero-order valence-corrected chi connectivity index (χ0v) is 16.0. The van der Waals surface area contributed by atoms with Gasteiger partial charge in [0, 0.05) is 43.5 Å². The maximum Gasteiger partial charge on any atom is 0.208 e. The molecule has 26 heavy (non-hydrogen) atoms. The molecule has 3 aromatic rings. The van der Waals surface area contributed by atoms with Gasteiger partial charge >= 0.3 is 0 Å². The molecule has 2 saturated heterocycles. The van der Waals surface area contributed by atoms with E-state index in [-0.39, 0.29) is 0 Å². The van der Waals surface area contributed by atoms with E-state index in [9.17, 15) is 0 Å². The molecule has 8 heteroatoms. The van der Waals surface area contributed by atoms with Crippen LogP contribution in [0.3, 0.4) is 0 Å². The Hall–Kier alpha value is -1.96. The monoisotopic (exact) mass is 386 g/mol. The van der Waals surface area contributed by atoms with Crippen molar-refractivity contribution in [3.05, 3.63) is 35.6 Å². The third-order valence-corrected chi connectivity index (χ3v) is 6.71. The predicted molar refractivity (Wildman–Crippen MR) is 105 cm³/mol. The molecular weight excluding hydrogens is 368 g/mol. The maximum atomic E-state index is 6.53. The number of halogens is 1. The third-order valence-electron chi connectivity index (χ3n) is 5.38. The van der Waals surface area contributed by atoms with Gasteiger partial charge in [-0.25, -0.2) is 0 Å². The molecule has 0 spiro atoms. The van der Waals surface area contributed by atoms with Crippen LogP contribution in [0, 0.1) is 11.8 Å². The first-order valence-corrected chi connectivity index (χ1v) is 9.93. The smallest absolute Gasteiger partial charge is 0.208 e. The molecule has 2 fully saturated rings. The quantitative estimate of drug-likeness (QED) is 0.748. The Kier molecular flexibility index (Phi) is 3.95. The molecule has 0 amide bonds. The molecule has 2 aliphatic heterocycles. The number of likely N-dealkylation sites (tertiary alicyclic amines) is 1. The summed E-state index contributed by atoms with van der Waals surface area (Å²) in [5.74, 6) is 1.51. The molecule has 134 valence electrons. The van der Waals surface area contributed by atoms with Crippen LogP contribution in [0.2, 0.25) is 5.02 Å². The average molecular weight is 387 g/mol. The lowest BCUT2D eigenvalue weighted by Gasteiger charge is -2.17. The van der Waals surface area contributed by atoms with E-state index in [2.05, 4.69) is 37.2 Å². The Balaban J connectivity index is 1.37. The molecule has 5 rings (SSSR count). The Morgan fingerprint density at radius 2 is 1.92 bits per heavy atom. The van der Waals surface area contributed by atoms with E-state index in [4.69, 9.17) is 11.6 Å². The highest BCUT2D eigenvalue weighted by Crippen LogP contribution is 2.38. The van der Waals surface area contributed by atoms with E-state index in [0.717, 1.165) is 51.8 Å². The molecule has 2 atom stereocenters. The van der Waals surface area contributed by atoms with Crippen LogP contribution in [0.15, 0.2) is 30.6 Å². The van der Waals surface area contributed by atoms with Crippen LogP contribution in [-0.2, 0) is 0 Å². The van der Waals surface area contributed by atoms with E-state index < -0.39 is 0 Å². The summed E-state index contributed by atoms with van der Waals surface area (Å²) >= 11 is 8.16. The highest BCUT2D eigenvalue weighted by atomic mass is 35.5. The van der Waals surface area contributed by atoms with Crippen molar-refractivity contribution in [2.24, 2.45) is 11.8 Å². The van der Waals surface area contributed by atoms with Gasteiger partial charge in [0.2, 0.25) is 5.13 Å². The molecule has 1 aromatic carbocycles. The first kappa shape index (κ1) is 16.2. The van der Waals surface area contributed by atoms with Crippen LogP contribution in [0.4, 0.5) is 5.13 Å². The number of anilines is 1. The van der Waals surface area contributed by atoms with Gasteiger partial charge in [0.05, 0.1) is 11.2 Å². The predicted octanol–water partition coefficient (Wildman–Crippen LogP) is 3.25. The summed E-state index contributed by atoms with van der Waals surface area (Å²) in [7, 11) is 2.21. The molecule has 0 aliphatic carbocycles. The van der Waals surface area contributed by atoms with Crippen LogP contribution in [-0.4, -0.2) is 58.5 Å². The SMILES string of the molecule is CN1C[C@@H]2CN(c3nnc(-c4ccc(-c5cn[nH]c5)cc4Cl)s3)C[C@@H]2C1. The number of aromatic nitrogens is 4. The number of nitrogens with one attached hydrogen (secondary N) is 1. The van der Waals surface area contributed by atoms with Crippen molar-refractivity contribution in [1.29, 1.82) is 0 Å². The Morgan fingerprint density at radius 1 is 1.12 bits per heavy atom. The largest absolute Gasteiger partial charge is 0.346 e. The van der Waals surface area contributed by atoms with Crippen LogP contribution < -0.4 is 4.90 Å². The Morgan fingerprint density at radius 3 is 2.62 bits per heavy atom. The van der Waals surface area contributed by atoms with Gasteiger partial charge in [0.25, 0.3) is 0 Å².